The first-order chi connectivity index (χ1) is 16.0. The third-order valence-corrected chi connectivity index (χ3v) is 7.45. The van der Waals surface area contributed by atoms with Gasteiger partial charge in [-0.25, -0.2) is 4.98 Å². The van der Waals surface area contributed by atoms with E-state index in [4.69, 9.17) is 32.7 Å². The molecule has 2 aromatic carbocycles. The van der Waals surface area contributed by atoms with Crippen molar-refractivity contribution >= 4 is 40.1 Å². The van der Waals surface area contributed by atoms with Gasteiger partial charge in [0.15, 0.2) is 11.5 Å². The van der Waals surface area contributed by atoms with Gasteiger partial charge in [0.1, 0.15) is 5.82 Å². The zero-order valence-electron chi connectivity index (χ0n) is 18.5. The van der Waals surface area contributed by atoms with Crippen LogP contribution in [-0.4, -0.2) is 35.6 Å². The number of H-pyrrole nitrogens is 1. The lowest BCUT2D eigenvalue weighted by Gasteiger charge is -2.29. The molecule has 1 aliphatic heterocycles. The maximum Gasteiger partial charge on any atom is 0.223 e. The average Bonchev–Trinajstić information content (AvgIpc) is 3.45. The van der Waals surface area contributed by atoms with E-state index in [1.807, 2.05) is 6.07 Å². The zero-order valence-corrected chi connectivity index (χ0v) is 20.0. The number of methoxy groups -OCH3 is 1. The second kappa shape index (κ2) is 9.43. The van der Waals surface area contributed by atoms with Crippen LogP contribution in [0.25, 0.3) is 11.0 Å². The summed E-state index contributed by atoms with van der Waals surface area (Å²) in [7, 11) is 1.67. The average molecular weight is 488 g/mol. The largest absolute Gasteiger partial charge is 0.493 e. The minimum absolute atomic E-state index is 0.0544. The van der Waals surface area contributed by atoms with Gasteiger partial charge in [-0.05, 0) is 61.9 Å². The predicted molar refractivity (Wildman–Crippen MR) is 130 cm³/mol. The van der Waals surface area contributed by atoms with E-state index in [1.54, 1.807) is 19.2 Å². The Bertz CT molecular complexity index is 1130. The van der Waals surface area contributed by atoms with Crippen molar-refractivity contribution in [3.05, 3.63) is 51.8 Å². The number of aromatic nitrogens is 2. The molecule has 2 heterocycles. The van der Waals surface area contributed by atoms with Gasteiger partial charge in [0.2, 0.25) is 5.91 Å². The van der Waals surface area contributed by atoms with Crippen molar-refractivity contribution in [3.8, 4) is 11.5 Å². The van der Waals surface area contributed by atoms with Gasteiger partial charge in [-0.1, -0.05) is 29.3 Å². The van der Waals surface area contributed by atoms with Crippen molar-refractivity contribution in [2.24, 2.45) is 5.92 Å². The molecule has 1 aliphatic carbocycles. The summed E-state index contributed by atoms with van der Waals surface area (Å²) < 4.78 is 11.8. The molecule has 0 radical (unpaired) electrons. The smallest absolute Gasteiger partial charge is 0.223 e. The fourth-order valence-electron chi connectivity index (χ4n) is 4.94. The van der Waals surface area contributed by atoms with Crippen LogP contribution in [0.3, 0.4) is 0 Å². The number of hydrogen-bond donors (Lipinski definition) is 2. The van der Waals surface area contributed by atoms with Gasteiger partial charge >= 0.3 is 0 Å². The Balaban J connectivity index is 1.34. The Labute approximate surface area is 203 Å². The molecule has 1 saturated heterocycles. The molecule has 1 amide bonds. The van der Waals surface area contributed by atoms with Crippen molar-refractivity contribution in [2.45, 2.75) is 50.5 Å². The van der Waals surface area contributed by atoms with Gasteiger partial charge in [-0.15, -0.1) is 0 Å². The molecule has 2 aliphatic rings. The first kappa shape index (κ1) is 22.4. The number of amides is 1. The Morgan fingerprint density at radius 1 is 1.09 bits per heavy atom. The number of nitrogens with one attached hydrogen (secondary N) is 2. The monoisotopic (exact) mass is 487 g/mol. The molecule has 0 unspecified atom stereocenters. The summed E-state index contributed by atoms with van der Waals surface area (Å²) in [5.74, 6) is 2.36. The molecule has 33 heavy (non-hydrogen) atoms. The minimum atomic E-state index is -0.184. The minimum Gasteiger partial charge on any atom is -0.493 e. The lowest BCUT2D eigenvalue weighted by atomic mass is 9.83. The molecule has 8 heteroatoms. The van der Waals surface area contributed by atoms with E-state index in [9.17, 15) is 4.79 Å². The summed E-state index contributed by atoms with van der Waals surface area (Å²) in [5, 5.41) is 4.02. The molecular weight excluding hydrogens is 461 g/mol. The highest BCUT2D eigenvalue weighted by molar-refractivity contribution is 6.42. The van der Waals surface area contributed by atoms with Gasteiger partial charge in [-0.3, -0.25) is 4.79 Å². The molecule has 174 valence electrons. The summed E-state index contributed by atoms with van der Waals surface area (Å²) in [6.45, 7) is 0.607. The van der Waals surface area contributed by atoms with Crippen LogP contribution in [0.5, 0.6) is 11.5 Å². The highest BCUT2D eigenvalue weighted by atomic mass is 35.5. The number of rotatable bonds is 6. The second-order valence-corrected chi connectivity index (χ2v) is 9.79. The number of carbonyl (C=O) groups excluding carboxylic acids is 1. The number of piperidine rings is 1. The number of imidazole rings is 1. The SMILES string of the molecule is COc1ccc([C@H]2CNC(=O)[C@@H](Cc3nc4cc(Cl)c(Cl)cc4[nH]3)C2)cc1OC1CCCC1. The van der Waals surface area contributed by atoms with Crippen LogP contribution in [0, 0.1) is 5.92 Å². The van der Waals surface area contributed by atoms with Crippen LogP contribution in [0.1, 0.15) is 49.4 Å². The zero-order chi connectivity index (χ0) is 22.9. The Hall–Kier alpha value is -2.44. The topological polar surface area (TPSA) is 76.2 Å². The molecule has 2 N–H and O–H groups in total. The van der Waals surface area contributed by atoms with Crippen LogP contribution >= 0.6 is 23.2 Å². The van der Waals surface area contributed by atoms with E-state index < -0.39 is 0 Å². The maximum absolute atomic E-state index is 12.7. The van der Waals surface area contributed by atoms with Crippen molar-refractivity contribution in [1.82, 2.24) is 15.3 Å². The van der Waals surface area contributed by atoms with Gasteiger partial charge in [0.25, 0.3) is 0 Å². The maximum atomic E-state index is 12.7. The lowest BCUT2D eigenvalue weighted by molar-refractivity contribution is -0.127. The normalized spacial score (nSPS) is 21.4. The van der Waals surface area contributed by atoms with E-state index >= 15 is 0 Å². The summed E-state index contributed by atoms with van der Waals surface area (Å²) in [6, 6.07) is 9.64. The summed E-state index contributed by atoms with van der Waals surface area (Å²) in [6.07, 6.45) is 6.11. The van der Waals surface area contributed by atoms with Crippen LogP contribution < -0.4 is 14.8 Å². The predicted octanol–water partition coefficient (Wildman–Crippen LogP) is 5.66. The van der Waals surface area contributed by atoms with E-state index in [0.717, 1.165) is 53.2 Å². The molecular formula is C25H27Cl2N3O3. The molecule has 1 aromatic heterocycles. The summed E-state index contributed by atoms with van der Waals surface area (Å²) >= 11 is 12.2. The third-order valence-electron chi connectivity index (χ3n) is 6.73. The molecule has 3 aromatic rings. The van der Waals surface area contributed by atoms with Crippen LogP contribution in [0.15, 0.2) is 30.3 Å². The first-order valence-corrected chi connectivity index (χ1v) is 12.2. The number of benzene rings is 2. The van der Waals surface area contributed by atoms with Crippen molar-refractivity contribution in [1.29, 1.82) is 0 Å². The Morgan fingerprint density at radius 3 is 2.67 bits per heavy atom. The molecule has 5 rings (SSSR count). The van der Waals surface area contributed by atoms with Crippen molar-refractivity contribution < 1.29 is 14.3 Å². The molecule has 2 fully saturated rings. The number of ether oxygens (including phenoxy) is 2. The number of aromatic amines is 1. The van der Waals surface area contributed by atoms with Crippen LogP contribution in [0.2, 0.25) is 10.0 Å². The number of fused-ring (bicyclic) bond motifs is 1. The first-order valence-electron chi connectivity index (χ1n) is 11.5. The number of hydrogen-bond acceptors (Lipinski definition) is 4. The summed E-state index contributed by atoms with van der Waals surface area (Å²) in [5.41, 5.74) is 2.71. The van der Waals surface area contributed by atoms with Gasteiger partial charge in [0, 0.05) is 24.8 Å². The van der Waals surface area contributed by atoms with Crippen molar-refractivity contribution in [2.75, 3.05) is 13.7 Å². The standard InChI is InChI=1S/C25H27Cl2N3O3/c1-32-22-7-6-14(9-23(22)33-17-4-2-3-5-17)16-8-15(25(31)28-13-16)10-24-29-20-11-18(26)19(27)12-21(20)30-24/h6-7,9,11-12,15-17H,2-5,8,10,13H2,1H3,(H,28,31)(H,29,30)/t15-,16-/m1/s1. The van der Waals surface area contributed by atoms with E-state index in [0.29, 0.717) is 23.0 Å². The Morgan fingerprint density at radius 2 is 1.88 bits per heavy atom. The number of nitrogens with zero attached hydrogens (tertiary/aromatic N) is 1. The molecule has 6 nitrogen and oxygen atoms in total. The number of carbonyl (C=O) groups is 1. The highest BCUT2D eigenvalue weighted by Crippen LogP contribution is 2.37. The Kier molecular flexibility index (Phi) is 6.39. The highest BCUT2D eigenvalue weighted by Gasteiger charge is 2.31. The van der Waals surface area contributed by atoms with E-state index in [2.05, 4.69) is 27.4 Å². The van der Waals surface area contributed by atoms with Crippen molar-refractivity contribution in [3.63, 3.8) is 0 Å². The van der Waals surface area contributed by atoms with E-state index in [1.165, 1.54) is 12.8 Å². The fourth-order valence-corrected chi connectivity index (χ4v) is 5.27. The molecule has 0 bridgehead atoms. The van der Waals surface area contributed by atoms with Gasteiger partial charge in [-0.2, -0.15) is 0 Å². The summed E-state index contributed by atoms with van der Waals surface area (Å²) in [4.78, 5) is 20.6. The van der Waals surface area contributed by atoms with Gasteiger partial charge in [0.05, 0.1) is 34.3 Å². The van der Waals surface area contributed by atoms with Crippen LogP contribution in [0.4, 0.5) is 0 Å². The third kappa shape index (κ3) is 4.78. The second-order valence-electron chi connectivity index (χ2n) is 8.98. The molecule has 2 atom stereocenters. The fraction of sp³-hybridized carbons (Fsp3) is 0.440. The molecule has 1 saturated carbocycles. The van der Waals surface area contributed by atoms with Crippen LogP contribution in [-0.2, 0) is 11.2 Å². The van der Waals surface area contributed by atoms with E-state index in [-0.39, 0.29) is 23.8 Å². The quantitative estimate of drug-likeness (QED) is 0.470. The number of halogens is 2. The molecule has 0 spiro atoms. The van der Waals surface area contributed by atoms with Gasteiger partial charge < -0.3 is 19.8 Å². The lowest BCUT2D eigenvalue weighted by Crippen LogP contribution is -2.41.